The maximum Gasteiger partial charge on any atom is 0.707 e. The van der Waals surface area contributed by atoms with Gasteiger partial charge in [-0.2, -0.15) is 8.78 Å². The normalized spacial score (nSPS) is 9.90. The topological polar surface area (TPSA) is 73.8 Å². The lowest BCUT2D eigenvalue weighted by Crippen LogP contribution is -2.23. The number of para-hydroxylation sites is 2. The van der Waals surface area contributed by atoms with Crippen LogP contribution in [0.4, 0.5) is 33.3 Å². The van der Waals surface area contributed by atoms with Crippen molar-refractivity contribution in [3.8, 4) is 5.75 Å². The Kier molecular flexibility index (Phi) is 7.81. The maximum absolute atomic E-state index is 12.7. The van der Waals surface area contributed by atoms with Gasteiger partial charge in [-0.1, -0.05) is 36.4 Å². The standard InChI is InChI=1S/C12H12N2.C6H2BF5O3/c1-3-7-11(8-4-1)13-14-12-9-5-2-6-10-12;8-1-2(9)4(11)6(15-7(13)14)5(12)3(1)10/h1-10,13-14H;13-14H. The van der Waals surface area contributed by atoms with E-state index < -0.39 is 42.2 Å². The summed E-state index contributed by atoms with van der Waals surface area (Å²) in [5.41, 5.74) is 8.33. The highest BCUT2D eigenvalue weighted by molar-refractivity contribution is 6.33. The Morgan fingerprint density at radius 2 is 0.931 bits per heavy atom. The molecular formula is C18H14BF5N2O3. The van der Waals surface area contributed by atoms with Crippen molar-refractivity contribution in [1.29, 1.82) is 0 Å². The summed E-state index contributed by atoms with van der Waals surface area (Å²) in [5, 5.41) is 16.3. The number of hydrogen-bond donors (Lipinski definition) is 4. The van der Waals surface area contributed by atoms with Gasteiger partial charge in [-0.25, -0.2) is 13.2 Å². The fourth-order valence-electron chi connectivity index (χ4n) is 1.98. The van der Waals surface area contributed by atoms with E-state index in [0.717, 1.165) is 11.4 Å². The molecule has 0 radical (unpaired) electrons. The van der Waals surface area contributed by atoms with Gasteiger partial charge < -0.3 is 25.6 Å². The third kappa shape index (κ3) is 6.09. The molecule has 0 heterocycles. The van der Waals surface area contributed by atoms with Crippen LogP contribution in [0.3, 0.4) is 0 Å². The second-order valence-electron chi connectivity index (χ2n) is 5.33. The summed E-state index contributed by atoms with van der Waals surface area (Å²) in [6.45, 7) is 0. The van der Waals surface area contributed by atoms with Crippen LogP contribution in [0, 0.1) is 29.1 Å². The Labute approximate surface area is 162 Å². The van der Waals surface area contributed by atoms with Crippen LogP contribution in [0.15, 0.2) is 60.7 Å². The van der Waals surface area contributed by atoms with Crippen molar-refractivity contribution >= 4 is 18.7 Å². The molecule has 4 N–H and O–H groups in total. The van der Waals surface area contributed by atoms with Gasteiger partial charge in [0.1, 0.15) is 0 Å². The van der Waals surface area contributed by atoms with E-state index >= 15 is 0 Å². The molecule has 3 rings (SSSR count). The van der Waals surface area contributed by atoms with Crippen LogP contribution in [-0.2, 0) is 0 Å². The molecular weight excluding hydrogens is 398 g/mol. The highest BCUT2D eigenvalue weighted by atomic mass is 19.2. The largest absolute Gasteiger partial charge is 0.707 e. The molecule has 152 valence electrons. The van der Waals surface area contributed by atoms with E-state index in [9.17, 15) is 22.0 Å². The fraction of sp³-hybridized carbons (Fsp3) is 0. The Morgan fingerprint density at radius 3 is 1.28 bits per heavy atom. The molecule has 5 nitrogen and oxygen atoms in total. The van der Waals surface area contributed by atoms with Crippen molar-refractivity contribution < 1.29 is 36.7 Å². The van der Waals surface area contributed by atoms with Crippen LogP contribution in [0.2, 0.25) is 0 Å². The van der Waals surface area contributed by atoms with Gasteiger partial charge in [-0.05, 0) is 24.3 Å². The van der Waals surface area contributed by atoms with Gasteiger partial charge in [0.25, 0.3) is 0 Å². The zero-order valence-electron chi connectivity index (χ0n) is 14.5. The van der Waals surface area contributed by atoms with E-state index in [2.05, 4.69) is 15.5 Å². The first-order valence-corrected chi connectivity index (χ1v) is 7.97. The fourth-order valence-corrected chi connectivity index (χ4v) is 1.98. The first-order chi connectivity index (χ1) is 13.8. The lowest BCUT2D eigenvalue weighted by atomic mass is 10.2. The Balaban J connectivity index is 0.000000207. The molecule has 0 amide bonds. The molecule has 0 aliphatic carbocycles. The van der Waals surface area contributed by atoms with Crippen molar-refractivity contribution in [1.82, 2.24) is 0 Å². The monoisotopic (exact) mass is 412 g/mol. The highest BCUT2D eigenvalue weighted by Gasteiger charge is 2.29. The average Bonchev–Trinajstić information content (AvgIpc) is 2.74. The van der Waals surface area contributed by atoms with Crippen molar-refractivity contribution in [2.45, 2.75) is 0 Å². The van der Waals surface area contributed by atoms with Crippen molar-refractivity contribution in [3.05, 3.63) is 89.7 Å². The second-order valence-corrected chi connectivity index (χ2v) is 5.33. The van der Waals surface area contributed by atoms with Gasteiger partial charge in [0.2, 0.25) is 29.1 Å². The number of benzene rings is 3. The molecule has 0 aromatic heterocycles. The summed E-state index contributed by atoms with van der Waals surface area (Å²) in [5.74, 6) is -13.1. The van der Waals surface area contributed by atoms with Crippen LogP contribution in [0.1, 0.15) is 0 Å². The van der Waals surface area contributed by atoms with E-state index in [1.165, 1.54) is 0 Å². The minimum absolute atomic E-state index is 1.05. The highest BCUT2D eigenvalue weighted by Crippen LogP contribution is 2.29. The van der Waals surface area contributed by atoms with E-state index in [1.807, 2.05) is 60.7 Å². The van der Waals surface area contributed by atoms with Crippen LogP contribution < -0.4 is 15.5 Å². The number of rotatable bonds is 5. The van der Waals surface area contributed by atoms with Gasteiger partial charge in [0.15, 0.2) is 5.75 Å². The molecule has 3 aromatic rings. The zero-order valence-corrected chi connectivity index (χ0v) is 14.5. The molecule has 0 spiro atoms. The molecule has 29 heavy (non-hydrogen) atoms. The van der Waals surface area contributed by atoms with Crippen LogP contribution >= 0.6 is 0 Å². The molecule has 3 aromatic carbocycles. The van der Waals surface area contributed by atoms with Gasteiger partial charge in [0, 0.05) is 0 Å². The average molecular weight is 412 g/mol. The predicted octanol–water partition coefficient (Wildman–Crippen LogP) is 3.86. The predicted molar refractivity (Wildman–Crippen MR) is 97.2 cm³/mol. The van der Waals surface area contributed by atoms with Crippen molar-refractivity contribution in [2.75, 3.05) is 10.9 Å². The maximum atomic E-state index is 12.7. The summed E-state index contributed by atoms with van der Waals surface area (Å²) in [6, 6.07) is 20.0. The first-order valence-electron chi connectivity index (χ1n) is 7.97. The molecule has 0 fully saturated rings. The molecule has 11 heteroatoms. The summed E-state index contributed by atoms with van der Waals surface area (Å²) in [6.07, 6.45) is 0. The van der Waals surface area contributed by atoms with E-state index in [0.29, 0.717) is 0 Å². The summed E-state index contributed by atoms with van der Waals surface area (Å²) >= 11 is 0. The number of halogens is 5. The number of anilines is 2. The SMILES string of the molecule is OB(O)Oc1c(F)c(F)c(F)c(F)c1F.c1ccc(NNc2ccccc2)cc1. The summed E-state index contributed by atoms with van der Waals surface area (Å²) < 4.78 is 66.3. The second kappa shape index (κ2) is 10.3. The van der Waals surface area contributed by atoms with Crippen molar-refractivity contribution in [3.63, 3.8) is 0 Å². The lowest BCUT2D eigenvalue weighted by molar-refractivity contribution is 0.263. The van der Waals surface area contributed by atoms with Gasteiger partial charge in [0.05, 0.1) is 11.4 Å². The molecule has 0 bridgehead atoms. The molecule has 0 aliphatic rings. The number of hydrazine groups is 1. The zero-order chi connectivity index (χ0) is 21.4. The van der Waals surface area contributed by atoms with Crippen LogP contribution in [0.5, 0.6) is 5.75 Å². The van der Waals surface area contributed by atoms with E-state index in [1.54, 1.807) is 0 Å². The smallest absolute Gasteiger partial charge is 0.507 e. The summed E-state index contributed by atoms with van der Waals surface area (Å²) in [4.78, 5) is 0. The Morgan fingerprint density at radius 1 is 0.586 bits per heavy atom. The Bertz CT molecular complexity index is 865. The van der Waals surface area contributed by atoms with E-state index in [-0.39, 0.29) is 0 Å². The van der Waals surface area contributed by atoms with Gasteiger partial charge in [-0.3, -0.25) is 0 Å². The van der Waals surface area contributed by atoms with Crippen molar-refractivity contribution in [2.24, 2.45) is 0 Å². The minimum atomic E-state index is -2.70. The quantitative estimate of drug-likeness (QED) is 0.169. The first kappa shape index (κ1) is 22.0. The third-order valence-corrected chi connectivity index (χ3v) is 3.29. The van der Waals surface area contributed by atoms with Crippen LogP contribution in [0.25, 0.3) is 0 Å². The lowest BCUT2D eigenvalue weighted by Gasteiger charge is -2.08. The van der Waals surface area contributed by atoms with Gasteiger partial charge >= 0.3 is 7.32 Å². The van der Waals surface area contributed by atoms with E-state index in [4.69, 9.17) is 10.0 Å². The van der Waals surface area contributed by atoms with Crippen LogP contribution in [-0.4, -0.2) is 17.4 Å². The molecule has 0 unspecified atom stereocenters. The molecule has 0 saturated heterocycles. The number of hydrogen-bond acceptors (Lipinski definition) is 5. The minimum Gasteiger partial charge on any atom is -0.507 e. The van der Waals surface area contributed by atoms with Gasteiger partial charge in [-0.15, -0.1) is 0 Å². The molecule has 0 saturated carbocycles. The number of nitrogens with one attached hydrogen (secondary N) is 2. The molecule has 0 aliphatic heterocycles. The molecule has 0 atom stereocenters. The third-order valence-electron chi connectivity index (χ3n) is 3.29. The Hall–Kier alpha value is -3.31. The summed E-state index contributed by atoms with van der Waals surface area (Å²) in [7, 11) is -2.70.